The van der Waals surface area contributed by atoms with Crippen LogP contribution in [0, 0.1) is 13.8 Å². The van der Waals surface area contributed by atoms with Crippen molar-refractivity contribution < 1.29 is 0 Å². The van der Waals surface area contributed by atoms with E-state index in [1.54, 1.807) is 24.2 Å². The van der Waals surface area contributed by atoms with Crippen LogP contribution in [0.2, 0.25) is 0 Å². The second kappa shape index (κ2) is 8.43. The van der Waals surface area contributed by atoms with Gasteiger partial charge in [0.25, 0.3) is 0 Å². The molecule has 0 aliphatic rings. The molecule has 0 atom stereocenters. The Kier molecular flexibility index (Phi) is 6.02. The Balaban J connectivity index is 1.76. The van der Waals surface area contributed by atoms with Crippen LogP contribution in [0.25, 0.3) is 11.0 Å². The number of nitrogens with zero attached hydrogens (tertiary/aromatic N) is 5. The van der Waals surface area contributed by atoms with Gasteiger partial charge in [-0.15, -0.1) is 0 Å². The molecule has 3 aromatic rings. The van der Waals surface area contributed by atoms with Crippen molar-refractivity contribution in [2.24, 2.45) is 0 Å². The summed E-state index contributed by atoms with van der Waals surface area (Å²) < 4.78 is 2.40. The third kappa shape index (κ3) is 4.18. The van der Waals surface area contributed by atoms with Crippen molar-refractivity contribution in [3.8, 4) is 0 Å². The summed E-state index contributed by atoms with van der Waals surface area (Å²) in [5, 5.41) is 0.848. The van der Waals surface area contributed by atoms with Crippen molar-refractivity contribution in [3.05, 3.63) is 41.7 Å². The highest BCUT2D eigenvalue weighted by molar-refractivity contribution is 7.99. The van der Waals surface area contributed by atoms with Crippen LogP contribution in [0.15, 0.2) is 29.8 Å². The lowest BCUT2D eigenvalue weighted by molar-refractivity contribution is 0.635. The molecule has 0 N–H and O–H groups in total. The average molecular weight is 356 g/mol. The zero-order chi connectivity index (χ0) is 17.6. The number of pyridine rings is 1. The van der Waals surface area contributed by atoms with Gasteiger partial charge in [-0.2, -0.15) is 0 Å². The smallest absolute Gasteiger partial charge is 0.187 e. The van der Waals surface area contributed by atoms with Gasteiger partial charge in [-0.25, -0.2) is 15.0 Å². The van der Waals surface area contributed by atoms with Crippen molar-refractivity contribution >= 4 is 22.8 Å². The van der Waals surface area contributed by atoms with E-state index in [0.717, 1.165) is 41.5 Å². The maximum Gasteiger partial charge on any atom is 0.187 e. The van der Waals surface area contributed by atoms with Crippen LogP contribution in [-0.4, -0.2) is 30.3 Å². The normalized spacial score (nSPS) is 11.3. The van der Waals surface area contributed by atoms with Gasteiger partial charge in [-0.3, -0.25) is 4.98 Å². The fourth-order valence-corrected chi connectivity index (χ4v) is 3.67. The Hall–Kier alpha value is -1.95. The lowest BCUT2D eigenvalue weighted by Crippen LogP contribution is -2.06. The number of aryl methyl sites for hydroxylation is 4. The molecule has 0 aromatic carbocycles. The number of fused-ring (bicyclic) bond motifs is 1. The molecule has 0 amide bonds. The molecule has 6 heteroatoms. The number of rotatable bonds is 8. The molecule has 132 valence electrons. The molecule has 0 aliphatic heterocycles. The minimum Gasteiger partial charge on any atom is -0.328 e. The van der Waals surface area contributed by atoms with Gasteiger partial charge >= 0.3 is 0 Å². The fraction of sp³-hybridized carbons (Fsp3) is 0.474. The zero-order valence-electron chi connectivity index (χ0n) is 15.2. The van der Waals surface area contributed by atoms with Gasteiger partial charge < -0.3 is 4.57 Å². The first-order chi connectivity index (χ1) is 12.2. The molecular formula is C19H25N5S. The highest BCUT2D eigenvalue weighted by Gasteiger charge is 2.14. The first-order valence-electron chi connectivity index (χ1n) is 8.91. The van der Waals surface area contributed by atoms with E-state index in [2.05, 4.69) is 40.3 Å². The Bertz CT molecular complexity index is 829. The molecule has 3 rings (SSSR count). The molecule has 3 heterocycles. The van der Waals surface area contributed by atoms with Crippen molar-refractivity contribution in [3.63, 3.8) is 0 Å². The van der Waals surface area contributed by atoms with E-state index in [0.29, 0.717) is 0 Å². The van der Waals surface area contributed by atoms with Gasteiger partial charge in [0.1, 0.15) is 11.3 Å². The van der Waals surface area contributed by atoms with Crippen LogP contribution < -0.4 is 0 Å². The van der Waals surface area contributed by atoms with E-state index < -0.39 is 0 Å². The average Bonchev–Trinajstić information content (AvgIpc) is 2.99. The quantitative estimate of drug-likeness (QED) is 0.341. The minimum absolute atomic E-state index is 0.848. The predicted molar refractivity (Wildman–Crippen MR) is 103 cm³/mol. The van der Waals surface area contributed by atoms with Crippen molar-refractivity contribution in [1.29, 1.82) is 0 Å². The van der Waals surface area contributed by atoms with Gasteiger partial charge in [0.2, 0.25) is 0 Å². The summed E-state index contributed by atoms with van der Waals surface area (Å²) in [4.78, 5) is 17.9. The van der Waals surface area contributed by atoms with E-state index in [4.69, 9.17) is 4.98 Å². The summed E-state index contributed by atoms with van der Waals surface area (Å²) in [6.45, 7) is 7.42. The Labute approximate surface area is 153 Å². The van der Waals surface area contributed by atoms with Crippen LogP contribution in [0.5, 0.6) is 0 Å². The minimum atomic E-state index is 0.848. The molecule has 0 saturated carbocycles. The SMILES string of the molecule is CCCCc1nc2cnc(C)c(C)c2n1CCCSc1ncccn1. The monoisotopic (exact) mass is 355 g/mol. The molecule has 0 unspecified atom stereocenters. The third-order valence-electron chi connectivity index (χ3n) is 4.41. The second-order valence-electron chi connectivity index (χ2n) is 6.22. The highest BCUT2D eigenvalue weighted by Crippen LogP contribution is 2.23. The van der Waals surface area contributed by atoms with E-state index in [-0.39, 0.29) is 0 Å². The van der Waals surface area contributed by atoms with E-state index in [9.17, 15) is 0 Å². The molecule has 0 aliphatic carbocycles. The molecule has 0 fully saturated rings. The topological polar surface area (TPSA) is 56.5 Å². The highest BCUT2D eigenvalue weighted by atomic mass is 32.2. The van der Waals surface area contributed by atoms with Crippen LogP contribution >= 0.6 is 11.8 Å². The maximum atomic E-state index is 4.86. The number of imidazole rings is 1. The van der Waals surface area contributed by atoms with Gasteiger partial charge in [-0.05, 0) is 38.3 Å². The summed E-state index contributed by atoms with van der Waals surface area (Å²) in [6, 6.07) is 1.85. The third-order valence-corrected chi connectivity index (χ3v) is 5.37. The summed E-state index contributed by atoms with van der Waals surface area (Å²) in [5.74, 6) is 2.19. The number of unbranched alkanes of at least 4 members (excludes halogenated alkanes) is 1. The maximum absolute atomic E-state index is 4.86. The second-order valence-corrected chi connectivity index (χ2v) is 7.28. The summed E-state index contributed by atoms with van der Waals surface area (Å²) in [5.41, 5.74) is 4.60. The first-order valence-corrected chi connectivity index (χ1v) is 9.90. The van der Waals surface area contributed by atoms with Gasteiger partial charge in [0, 0.05) is 36.8 Å². The van der Waals surface area contributed by atoms with E-state index >= 15 is 0 Å². The summed E-state index contributed by atoms with van der Waals surface area (Å²) in [6.07, 6.45) is 9.94. The van der Waals surface area contributed by atoms with Crippen molar-refractivity contribution in [2.75, 3.05) is 5.75 Å². The first kappa shape index (κ1) is 17.9. The Morgan fingerprint density at radius 1 is 1.08 bits per heavy atom. The van der Waals surface area contributed by atoms with Gasteiger partial charge in [-0.1, -0.05) is 25.1 Å². The van der Waals surface area contributed by atoms with Crippen LogP contribution in [0.3, 0.4) is 0 Å². The number of aromatic nitrogens is 5. The van der Waals surface area contributed by atoms with Crippen LogP contribution in [-0.2, 0) is 13.0 Å². The lowest BCUT2D eigenvalue weighted by atomic mass is 10.2. The number of hydrogen-bond acceptors (Lipinski definition) is 5. The Morgan fingerprint density at radius 3 is 2.64 bits per heavy atom. The summed E-state index contributed by atoms with van der Waals surface area (Å²) >= 11 is 1.71. The van der Waals surface area contributed by atoms with Crippen molar-refractivity contribution in [2.45, 2.75) is 58.2 Å². The molecule has 0 spiro atoms. The largest absolute Gasteiger partial charge is 0.328 e. The molecule has 5 nitrogen and oxygen atoms in total. The van der Waals surface area contributed by atoms with Crippen molar-refractivity contribution in [1.82, 2.24) is 24.5 Å². The van der Waals surface area contributed by atoms with Gasteiger partial charge in [0.15, 0.2) is 5.16 Å². The van der Waals surface area contributed by atoms with Crippen LogP contribution in [0.1, 0.15) is 43.3 Å². The van der Waals surface area contributed by atoms with E-state index in [1.165, 1.54) is 29.7 Å². The lowest BCUT2D eigenvalue weighted by Gasteiger charge is -2.11. The number of hydrogen-bond donors (Lipinski definition) is 0. The molecule has 0 radical (unpaired) electrons. The zero-order valence-corrected chi connectivity index (χ0v) is 16.0. The van der Waals surface area contributed by atoms with E-state index in [1.807, 2.05) is 12.3 Å². The Morgan fingerprint density at radius 2 is 1.88 bits per heavy atom. The summed E-state index contributed by atoms with van der Waals surface area (Å²) in [7, 11) is 0. The molecule has 0 bridgehead atoms. The molecular weight excluding hydrogens is 330 g/mol. The fourth-order valence-electron chi connectivity index (χ4n) is 2.94. The van der Waals surface area contributed by atoms with Gasteiger partial charge in [0.05, 0.1) is 11.7 Å². The predicted octanol–water partition coefficient (Wildman–Crippen LogP) is 4.36. The van der Waals surface area contributed by atoms with Crippen LogP contribution in [0.4, 0.5) is 0 Å². The molecule has 25 heavy (non-hydrogen) atoms. The number of thioether (sulfide) groups is 1. The molecule has 0 saturated heterocycles. The standard InChI is InChI=1S/C19H25N5S/c1-4-5-8-17-23-16-13-22-15(3)14(2)18(16)24(17)11-7-12-25-19-20-9-6-10-21-19/h6,9-10,13H,4-5,7-8,11-12H2,1-3H3. The molecule has 3 aromatic heterocycles.